The van der Waals surface area contributed by atoms with Crippen molar-refractivity contribution in [1.82, 2.24) is 9.97 Å². The predicted molar refractivity (Wildman–Crippen MR) is 82.5 cm³/mol. The van der Waals surface area contributed by atoms with Crippen LogP contribution in [0.15, 0.2) is 36.7 Å². The number of nitriles is 1. The van der Waals surface area contributed by atoms with Crippen molar-refractivity contribution in [2.24, 2.45) is 0 Å². The van der Waals surface area contributed by atoms with E-state index in [1.165, 1.54) is 19.3 Å². The van der Waals surface area contributed by atoms with Gasteiger partial charge in [-0.1, -0.05) is 0 Å². The molecule has 106 valence electrons. The number of nitrogens with one attached hydrogen (secondary N) is 1. The molecule has 1 N–H and O–H groups in total. The first-order valence-electron chi connectivity index (χ1n) is 7.20. The van der Waals surface area contributed by atoms with Gasteiger partial charge in [0.1, 0.15) is 11.9 Å². The fourth-order valence-electron chi connectivity index (χ4n) is 2.52. The Morgan fingerprint density at radius 3 is 2.67 bits per heavy atom. The number of hydrogen-bond acceptors (Lipinski definition) is 5. The van der Waals surface area contributed by atoms with Crippen LogP contribution in [-0.4, -0.2) is 23.1 Å². The molecule has 1 saturated heterocycles. The van der Waals surface area contributed by atoms with Gasteiger partial charge in [0.25, 0.3) is 0 Å². The average molecular weight is 279 g/mol. The van der Waals surface area contributed by atoms with Crippen LogP contribution < -0.4 is 10.2 Å². The summed E-state index contributed by atoms with van der Waals surface area (Å²) in [4.78, 5) is 10.9. The van der Waals surface area contributed by atoms with Gasteiger partial charge in [-0.3, -0.25) is 0 Å². The molecule has 0 spiro atoms. The Balaban J connectivity index is 1.74. The Morgan fingerprint density at radius 2 is 1.95 bits per heavy atom. The smallest absolute Gasteiger partial charge is 0.163 e. The van der Waals surface area contributed by atoms with Crippen LogP contribution >= 0.6 is 0 Å². The van der Waals surface area contributed by atoms with Crippen LogP contribution in [0.4, 0.5) is 17.2 Å². The molecule has 3 heterocycles. The molecule has 0 radical (unpaired) electrons. The van der Waals surface area contributed by atoms with E-state index in [0.717, 1.165) is 24.6 Å². The molecule has 1 aliphatic heterocycles. The topological polar surface area (TPSA) is 64.8 Å². The molecule has 2 aromatic heterocycles. The number of hydrogen-bond donors (Lipinski definition) is 1. The van der Waals surface area contributed by atoms with Gasteiger partial charge in [-0.2, -0.15) is 5.26 Å². The molecule has 1 fully saturated rings. The molecule has 2 aromatic rings. The molecular weight excluding hydrogens is 262 g/mol. The second kappa shape index (κ2) is 6.23. The van der Waals surface area contributed by atoms with Crippen molar-refractivity contribution in [1.29, 1.82) is 5.26 Å². The first-order valence-corrected chi connectivity index (χ1v) is 7.20. The lowest BCUT2D eigenvalue weighted by molar-refractivity contribution is 0.573. The van der Waals surface area contributed by atoms with E-state index in [4.69, 9.17) is 5.26 Å². The highest BCUT2D eigenvalue weighted by Gasteiger charge is 2.11. The zero-order valence-electron chi connectivity index (χ0n) is 11.8. The molecule has 1 aliphatic rings. The molecule has 5 nitrogen and oxygen atoms in total. The number of aromatic nitrogens is 2. The first kappa shape index (κ1) is 13.4. The Kier molecular flexibility index (Phi) is 3.97. The van der Waals surface area contributed by atoms with Crippen molar-refractivity contribution in [3.05, 3.63) is 42.4 Å². The monoisotopic (exact) mass is 279 g/mol. The summed E-state index contributed by atoms with van der Waals surface area (Å²) < 4.78 is 0. The van der Waals surface area contributed by atoms with E-state index < -0.39 is 0 Å². The third-order valence-electron chi connectivity index (χ3n) is 3.62. The zero-order valence-corrected chi connectivity index (χ0v) is 11.8. The Bertz CT molecular complexity index is 638. The highest BCUT2D eigenvalue weighted by Crippen LogP contribution is 2.22. The lowest BCUT2D eigenvalue weighted by atomic mass is 10.1. The molecule has 0 aromatic carbocycles. The Morgan fingerprint density at radius 1 is 1.10 bits per heavy atom. The second-order valence-corrected chi connectivity index (χ2v) is 5.09. The summed E-state index contributed by atoms with van der Waals surface area (Å²) >= 11 is 0. The normalized spacial score (nSPS) is 14.5. The van der Waals surface area contributed by atoms with Crippen molar-refractivity contribution in [2.75, 3.05) is 23.3 Å². The van der Waals surface area contributed by atoms with Gasteiger partial charge < -0.3 is 10.2 Å². The van der Waals surface area contributed by atoms with Crippen molar-refractivity contribution < 1.29 is 0 Å². The van der Waals surface area contributed by atoms with E-state index in [2.05, 4.69) is 26.3 Å². The Labute approximate surface area is 124 Å². The van der Waals surface area contributed by atoms with Crippen molar-refractivity contribution in [2.45, 2.75) is 19.3 Å². The van der Waals surface area contributed by atoms with E-state index in [1.807, 2.05) is 18.2 Å². The molecule has 21 heavy (non-hydrogen) atoms. The lowest BCUT2D eigenvalue weighted by Crippen LogP contribution is -2.29. The molecule has 0 unspecified atom stereocenters. The molecule has 3 rings (SSSR count). The fraction of sp³-hybridized carbons (Fsp3) is 0.312. The minimum Gasteiger partial charge on any atom is -0.357 e. The van der Waals surface area contributed by atoms with Gasteiger partial charge in [0.2, 0.25) is 0 Å². The number of pyridine rings is 2. The zero-order chi connectivity index (χ0) is 14.5. The van der Waals surface area contributed by atoms with Gasteiger partial charge >= 0.3 is 0 Å². The molecular formula is C16H17N5. The van der Waals surface area contributed by atoms with Crippen molar-refractivity contribution in [3.8, 4) is 6.07 Å². The quantitative estimate of drug-likeness (QED) is 0.935. The number of anilines is 3. The maximum Gasteiger partial charge on any atom is 0.163 e. The minimum atomic E-state index is 0.387. The van der Waals surface area contributed by atoms with Crippen LogP contribution in [0.25, 0.3) is 0 Å². The molecule has 0 bridgehead atoms. The van der Waals surface area contributed by atoms with Gasteiger partial charge in [-0.15, -0.1) is 0 Å². The molecule has 5 heteroatoms. The predicted octanol–water partition coefficient (Wildman–Crippen LogP) is 3.08. The van der Waals surface area contributed by atoms with Gasteiger partial charge in [-0.05, 0) is 43.5 Å². The number of rotatable bonds is 3. The summed E-state index contributed by atoms with van der Waals surface area (Å²) in [5, 5.41) is 12.2. The second-order valence-electron chi connectivity index (χ2n) is 5.09. The largest absolute Gasteiger partial charge is 0.357 e. The fourth-order valence-corrected chi connectivity index (χ4v) is 2.52. The van der Waals surface area contributed by atoms with E-state index in [1.54, 1.807) is 18.5 Å². The van der Waals surface area contributed by atoms with Crippen LogP contribution in [0.1, 0.15) is 25.0 Å². The summed E-state index contributed by atoms with van der Waals surface area (Å²) in [5.41, 5.74) is 1.95. The minimum absolute atomic E-state index is 0.387. The van der Waals surface area contributed by atoms with E-state index in [-0.39, 0.29) is 0 Å². The molecule has 0 aliphatic carbocycles. The maximum absolute atomic E-state index is 9.04. The molecule has 0 saturated carbocycles. The van der Waals surface area contributed by atoms with Crippen LogP contribution in [0, 0.1) is 11.3 Å². The van der Waals surface area contributed by atoms with Gasteiger partial charge in [0, 0.05) is 19.3 Å². The van der Waals surface area contributed by atoms with E-state index >= 15 is 0 Å². The third kappa shape index (κ3) is 3.11. The average Bonchev–Trinajstić information content (AvgIpc) is 2.57. The highest BCUT2D eigenvalue weighted by atomic mass is 15.2. The first-order chi connectivity index (χ1) is 10.4. The van der Waals surface area contributed by atoms with Gasteiger partial charge in [0.05, 0.1) is 17.6 Å². The standard InChI is InChI=1S/C16H17N5/c17-11-15-14(5-4-8-18-15)20-13-6-7-16(19-12-13)21-9-2-1-3-10-21/h4-8,12,20H,1-3,9-10H2. The third-order valence-corrected chi connectivity index (χ3v) is 3.62. The summed E-state index contributed by atoms with van der Waals surface area (Å²) in [6, 6.07) is 9.73. The summed E-state index contributed by atoms with van der Waals surface area (Å²) in [7, 11) is 0. The van der Waals surface area contributed by atoms with Crippen molar-refractivity contribution >= 4 is 17.2 Å². The highest BCUT2D eigenvalue weighted by molar-refractivity contribution is 5.64. The summed E-state index contributed by atoms with van der Waals surface area (Å²) in [6.07, 6.45) is 7.21. The number of nitrogens with zero attached hydrogens (tertiary/aromatic N) is 4. The molecule has 0 atom stereocenters. The summed E-state index contributed by atoms with van der Waals surface area (Å²) in [5.74, 6) is 1.02. The Hall–Kier alpha value is -2.61. The van der Waals surface area contributed by atoms with E-state index in [0.29, 0.717) is 11.4 Å². The van der Waals surface area contributed by atoms with E-state index in [9.17, 15) is 0 Å². The maximum atomic E-state index is 9.04. The summed E-state index contributed by atoms with van der Waals surface area (Å²) in [6.45, 7) is 2.17. The lowest BCUT2D eigenvalue weighted by Gasteiger charge is -2.27. The van der Waals surface area contributed by atoms with Crippen molar-refractivity contribution in [3.63, 3.8) is 0 Å². The van der Waals surface area contributed by atoms with Gasteiger partial charge in [-0.25, -0.2) is 9.97 Å². The van der Waals surface area contributed by atoms with Crippen LogP contribution in [0.5, 0.6) is 0 Å². The van der Waals surface area contributed by atoms with Gasteiger partial charge in [0.15, 0.2) is 5.69 Å². The number of piperidine rings is 1. The van der Waals surface area contributed by atoms with Crippen LogP contribution in [0.3, 0.4) is 0 Å². The molecule has 0 amide bonds. The van der Waals surface area contributed by atoms with Crippen LogP contribution in [-0.2, 0) is 0 Å². The van der Waals surface area contributed by atoms with Crippen LogP contribution in [0.2, 0.25) is 0 Å². The SMILES string of the molecule is N#Cc1ncccc1Nc1ccc(N2CCCCC2)nc1.